The highest BCUT2D eigenvalue weighted by atomic mass is 35.5. The molecule has 1 rings (SSSR count). The Bertz CT molecular complexity index is 513. The molecule has 7 heteroatoms. The van der Waals surface area contributed by atoms with Crippen LogP contribution >= 0.6 is 11.6 Å². The Kier molecular flexibility index (Phi) is 3.37. The zero-order valence-corrected chi connectivity index (χ0v) is 9.93. The Hall–Kier alpha value is -1.06. The first-order valence-corrected chi connectivity index (χ1v) is 6.59. The maximum Gasteiger partial charge on any atom is 0.149 e. The van der Waals surface area contributed by atoms with Gasteiger partial charge < -0.3 is 0 Å². The van der Waals surface area contributed by atoms with Crippen LogP contribution in [0.25, 0.3) is 0 Å². The number of aromatic nitrogens is 2. The predicted molar refractivity (Wildman–Crippen MR) is 56.4 cm³/mol. The number of hydrogen-bond donors (Lipinski definition) is 0. The van der Waals surface area contributed by atoms with Crippen molar-refractivity contribution >= 4 is 21.4 Å². The van der Waals surface area contributed by atoms with Crippen molar-refractivity contribution in [3.8, 4) is 6.07 Å². The molecular weight excluding hydrogens is 238 g/mol. The van der Waals surface area contributed by atoms with E-state index in [0.29, 0.717) is 11.3 Å². The molecule has 15 heavy (non-hydrogen) atoms. The van der Waals surface area contributed by atoms with Crippen molar-refractivity contribution in [1.82, 2.24) is 9.78 Å². The molecule has 0 bridgehead atoms. The molecule has 0 fully saturated rings. The van der Waals surface area contributed by atoms with Gasteiger partial charge in [-0.25, -0.2) is 8.42 Å². The maximum absolute atomic E-state index is 10.9. The molecule has 1 aromatic rings. The molecule has 5 nitrogen and oxygen atoms in total. The number of aryl methyl sites for hydroxylation is 2. The van der Waals surface area contributed by atoms with E-state index in [0.717, 1.165) is 6.26 Å². The average molecular weight is 248 g/mol. The van der Waals surface area contributed by atoms with Gasteiger partial charge in [-0.05, 0) is 6.92 Å². The molecular formula is C8H10ClN3O2S. The Morgan fingerprint density at radius 2 is 2.20 bits per heavy atom. The van der Waals surface area contributed by atoms with Crippen LogP contribution in [0.3, 0.4) is 0 Å². The number of rotatable bonds is 3. The van der Waals surface area contributed by atoms with Crippen LogP contribution < -0.4 is 0 Å². The van der Waals surface area contributed by atoms with Crippen molar-refractivity contribution in [2.45, 2.75) is 13.5 Å². The van der Waals surface area contributed by atoms with Gasteiger partial charge in [0, 0.05) is 6.26 Å². The SMILES string of the molecule is Cc1nn(CCS(C)(=O)=O)c(Cl)c1C#N. The third-order valence-electron chi connectivity index (χ3n) is 1.85. The fraction of sp³-hybridized carbons (Fsp3) is 0.500. The highest BCUT2D eigenvalue weighted by molar-refractivity contribution is 7.90. The van der Waals surface area contributed by atoms with Crippen molar-refractivity contribution in [3.63, 3.8) is 0 Å². The van der Waals surface area contributed by atoms with Gasteiger partial charge in [0.2, 0.25) is 0 Å². The molecule has 1 aromatic heterocycles. The normalized spacial score (nSPS) is 11.3. The van der Waals surface area contributed by atoms with Crippen molar-refractivity contribution in [2.24, 2.45) is 0 Å². The number of nitrogens with zero attached hydrogens (tertiary/aromatic N) is 3. The molecule has 0 aromatic carbocycles. The van der Waals surface area contributed by atoms with E-state index in [1.165, 1.54) is 4.68 Å². The second kappa shape index (κ2) is 4.21. The summed E-state index contributed by atoms with van der Waals surface area (Å²) in [6.45, 7) is 1.82. The fourth-order valence-corrected chi connectivity index (χ4v) is 1.89. The van der Waals surface area contributed by atoms with Gasteiger partial charge in [-0.3, -0.25) is 4.68 Å². The summed E-state index contributed by atoms with van der Waals surface area (Å²) in [5, 5.41) is 12.9. The molecule has 0 spiro atoms. The highest BCUT2D eigenvalue weighted by Crippen LogP contribution is 2.18. The second-order valence-electron chi connectivity index (χ2n) is 3.22. The molecule has 0 aliphatic carbocycles. The van der Waals surface area contributed by atoms with Crippen LogP contribution in [0, 0.1) is 18.3 Å². The lowest BCUT2D eigenvalue weighted by molar-refractivity contribution is 0.585. The van der Waals surface area contributed by atoms with Crippen LogP contribution in [-0.4, -0.2) is 30.2 Å². The standard InChI is InChI=1S/C8H10ClN3O2S/c1-6-7(5-10)8(9)12(11-6)3-4-15(2,13)14/h3-4H2,1-2H3. The lowest BCUT2D eigenvalue weighted by Crippen LogP contribution is -2.12. The Morgan fingerprint density at radius 1 is 1.60 bits per heavy atom. The van der Waals surface area contributed by atoms with Crippen LogP contribution in [0.5, 0.6) is 0 Å². The summed E-state index contributed by atoms with van der Waals surface area (Å²) in [6, 6.07) is 1.92. The number of hydrogen-bond acceptors (Lipinski definition) is 4. The summed E-state index contributed by atoms with van der Waals surface area (Å²) in [4.78, 5) is 0. The van der Waals surface area contributed by atoms with Gasteiger partial charge in [0.15, 0.2) is 0 Å². The topological polar surface area (TPSA) is 75.8 Å². The molecule has 0 unspecified atom stereocenters. The molecule has 1 heterocycles. The first-order valence-electron chi connectivity index (χ1n) is 4.16. The van der Waals surface area contributed by atoms with E-state index in [1.807, 2.05) is 6.07 Å². The van der Waals surface area contributed by atoms with Gasteiger partial charge in [-0.2, -0.15) is 10.4 Å². The zero-order chi connectivity index (χ0) is 11.6. The second-order valence-corrected chi connectivity index (χ2v) is 5.83. The predicted octanol–water partition coefficient (Wildman–Crippen LogP) is 0.761. The van der Waals surface area contributed by atoms with E-state index < -0.39 is 9.84 Å². The van der Waals surface area contributed by atoms with Crippen LogP contribution in [0.15, 0.2) is 0 Å². The third-order valence-corrected chi connectivity index (χ3v) is 3.16. The summed E-state index contributed by atoms with van der Waals surface area (Å²) in [7, 11) is -3.05. The minimum Gasteiger partial charge on any atom is -0.251 e. The molecule has 0 atom stereocenters. The van der Waals surface area contributed by atoms with Crippen LogP contribution in [0.1, 0.15) is 11.3 Å². The summed E-state index contributed by atoms with van der Waals surface area (Å²) >= 11 is 5.84. The molecule has 0 aliphatic rings. The Labute approximate surface area is 93.2 Å². The van der Waals surface area contributed by atoms with Crippen LogP contribution in [-0.2, 0) is 16.4 Å². The van der Waals surface area contributed by atoms with E-state index in [9.17, 15) is 8.42 Å². The molecule has 0 aliphatic heterocycles. The van der Waals surface area contributed by atoms with Gasteiger partial charge >= 0.3 is 0 Å². The third kappa shape index (κ3) is 2.94. The van der Waals surface area contributed by atoms with E-state index in [2.05, 4.69) is 5.10 Å². The quantitative estimate of drug-likeness (QED) is 0.790. The first kappa shape index (κ1) is 12.0. The van der Waals surface area contributed by atoms with E-state index in [-0.39, 0.29) is 17.5 Å². The summed E-state index contributed by atoms with van der Waals surface area (Å²) in [5.41, 5.74) is 0.807. The van der Waals surface area contributed by atoms with Crippen molar-refractivity contribution in [3.05, 3.63) is 16.4 Å². The fourth-order valence-electron chi connectivity index (χ4n) is 1.08. The van der Waals surface area contributed by atoms with Gasteiger partial charge in [0.25, 0.3) is 0 Å². The molecule has 0 saturated heterocycles. The van der Waals surface area contributed by atoms with Gasteiger partial charge in [0.05, 0.1) is 18.0 Å². The van der Waals surface area contributed by atoms with E-state index >= 15 is 0 Å². The molecule has 0 saturated carbocycles. The minimum absolute atomic E-state index is 0.0429. The Morgan fingerprint density at radius 3 is 2.60 bits per heavy atom. The van der Waals surface area contributed by atoms with Crippen molar-refractivity contribution < 1.29 is 8.42 Å². The average Bonchev–Trinajstić information content (AvgIpc) is 2.37. The highest BCUT2D eigenvalue weighted by Gasteiger charge is 2.13. The van der Waals surface area contributed by atoms with Crippen molar-refractivity contribution in [2.75, 3.05) is 12.0 Å². The summed E-state index contributed by atoms with van der Waals surface area (Å²) in [6.07, 6.45) is 1.14. The minimum atomic E-state index is -3.05. The largest absolute Gasteiger partial charge is 0.251 e. The molecule has 0 radical (unpaired) electrons. The number of nitriles is 1. The van der Waals surface area contributed by atoms with Gasteiger partial charge in [0.1, 0.15) is 26.6 Å². The molecule has 0 amide bonds. The molecule has 0 N–H and O–H groups in total. The summed E-state index contributed by atoms with van der Waals surface area (Å²) in [5.74, 6) is -0.0429. The van der Waals surface area contributed by atoms with Gasteiger partial charge in [-0.15, -0.1) is 0 Å². The molecule has 82 valence electrons. The lowest BCUT2D eigenvalue weighted by atomic mass is 10.3. The first-order chi connectivity index (χ1) is 6.85. The number of halogens is 1. The van der Waals surface area contributed by atoms with E-state index in [4.69, 9.17) is 16.9 Å². The summed E-state index contributed by atoms with van der Waals surface area (Å²) < 4.78 is 23.2. The van der Waals surface area contributed by atoms with E-state index in [1.54, 1.807) is 6.92 Å². The number of sulfone groups is 1. The monoisotopic (exact) mass is 247 g/mol. The van der Waals surface area contributed by atoms with Crippen LogP contribution in [0.2, 0.25) is 5.15 Å². The lowest BCUT2D eigenvalue weighted by Gasteiger charge is -2.00. The van der Waals surface area contributed by atoms with Gasteiger partial charge in [-0.1, -0.05) is 11.6 Å². The smallest absolute Gasteiger partial charge is 0.149 e. The van der Waals surface area contributed by atoms with Crippen molar-refractivity contribution in [1.29, 1.82) is 5.26 Å². The van der Waals surface area contributed by atoms with Crippen LogP contribution in [0.4, 0.5) is 0 Å². The Balaban J connectivity index is 2.94. The zero-order valence-electron chi connectivity index (χ0n) is 8.36. The maximum atomic E-state index is 10.9.